The van der Waals surface area contributed by atoms with Crippen molar-refractivity contribution in [3.8, 4) is 0 Å². The second-order valence-electron chi connectivity index (χ2n) is 2.55. The molecule has 0 aromatic heterocycles. The largest absolute Gasteiger partial charge is 0.338 e. The molecule has 0 aliphatic carbocycles. The van der Waals surface area contributed by atoms with Gasteiger partial charge in [-0.1, -0.05) is 0 Å². The van der Waals surface area contributed by atoms with E-state index in [-0.39, 0.29) is 0 Å². The van der Waals surface area contributed by atoms with E-state index in [1.807, 2.05) is 0 Å². The Morgan fingerprint density at radius 1 is 0.625 bits per heavy atom. The van der Waals surface area contributed by atoms with E-state index < -0.39 is 46.5 Å². The monoisotopic (exact) mass is 242 g/mol. The molecule has 16 heavy (non-hydrogen) atoms. The summed E-state index contributed by atoms with van der Waals surface area (Å²) in [5, 5.41) is 0. The van der Waals surface area contributed by atoms with Crippen LogP contribution in [0.25, 0.3) is 0 Å². The highest BCUT2D eigenvalue weighted by Gasteiger charge is 2.32. The molecule has 0 aliphatic rings. The number of hydrogen-bond donors (Lipinski definition) is 0. The first kappa shape index (κ1) is 12.2. The van der Waals surface area contributed by atoms with Crippen LogP contribution in [-0.4, -0.2) is 12.1 Å². The van der Waals surface area contributed by atoms with Gasteiger partial charge in [0.2, 0.25) is 0 Å². The molecule has 0 saturated carbocycles. The predicted octanol–water partition coefficient (Wildman–Crippen LogP) is 2.46. The lowest BCUT2D eigenvalue weighted by Crippen LogP contribution is -2.13. The maximum atomic E-state index is 12.8. The van der Waals surface area contributed by atoms with Crippen LogP contribution in [0.4, 0.5) is 26.3 Å². The van der Waals surface area contributed by atoms with Crippen molar-refractivity contribution in [1.82, 2.24) is 0 Å². The molecular weight excluding hydrogens is 242 g/mol. The zero-order valence-corrected chi connectivity index (χ0v) is 7.08. The summed E-state index contributed by atoms with van der Waals surface area (Å²) in [6, 6.07) is -5.57. The lowest BCUT2D eigenvalue weighted by Gasteiger charge is -2.05. The average molecular weight is 242 g/mol. The van der Waals surface area contributed by atoms with Crippen LogP contribution in [0.3, 0.4) is 0 Å². The van der Waals surface area contributed by atoms with Gasteiger partial charge in [0.1, 0.15) is 11.1 Å². The maximum Gasteiger partial charge on any atom is 0.338 e. The first-order valence-electron chi connectivity index (χ1n) is 3.54. The summed E-state index contributed by atoms with van der Waals surface area (Å²) < 4.78 is 75.0. The van der Waals surface area contributed by atoms with Crippen LogP contribution in [0.15, 0.2) is 0 Å². The molecule has 8 heteroatoms. The van der Waals surface area contributed by atoms with Gasteiger partial charge < -0.3 is 0 Å². The molecule has 1 aromatic rings. The average Bonchev–Trinajstić information content (AvgIpc) is 2.14. The molecular formula is C8F6O2. The Bertz CT molecular complexity index is 422. The predicted molar refractivity (Wildman–Crippen MR) is 37.2 cm³/mol. The highest BCUT2D eigenvalue weighted by Crippen LogP contribution is 2.25. The first-order valence-corrected chi connectivity index (χ1v) is 3.54. The summed E-state index contributed by atoms with van der Waals surface area (Å²) in [6.07, 6.45) is 0. The van der Waals surface area contributed by atoms with Gasteiger partial charge in [-0.25, -0.2) is 17.6 Å². The van der Waals surface area contributed by atoms with Gasteiger partial charge in [0.15, 0.2) is 23.3 Å². The number of rotatable bonds is 2. The second-order valence-corrected chi connectivity index (χ2v) is 2.55. The van der Waals surface area contributed by atoms with Crippen molar-refractivity contribution in [2.75, 3.05) is 0 Å². The van der Waals surface area contributed by atoms with Gasteiger partial charge in [0, 0.05) is 0 Å². The van der Waals surface area contributed by atoms with Crippen LogP contribution in [0.1, 0.15) is 20.7 Å². The Hall–Kier alpha value is -1.86. The highest BCUT2D eigenvalue weighted by molar-refractivity contribution is 5.93. The molecule has 0 amide bonds. The van der Waals surface area contributed by atoms with E-state index in [9.17, 15) is 35.9 Å². The maximum absolute atomic E-state index is 12.8. The van der Waals surface area contributed by atoms with Gasteiger partial charge in [-0.3, -0.25) is 9.59 Å². The van der Waals surface area contributed by atoms with Gasteiger partial charge in [-0.2, -0.15) is 8.78 Å². The fraction of sp³-hybridized carbons (Fsp3) is 0. The Morgan fingerprint density at radius 3 is 0.938 bits per heavy atom. The van der Waals surface area contributed by atoms with E-state index >= 15 is 0 Å². The molecule has 1 rings (SSSR count). The van der Waals surface area contributed by atoms with Gasteiger partial charge in [-0.15, -0.1) is 0 Å². The van der Waals surface area contributed by atoms with E-state index in [2.05, 4.69) is 0 Å². The minimum atomic E-state index is -2.79. The molecule has 0 bridgehead atoms. The van der Waals surface area contributed by atoms with Crippen molar-refractivity contribution in [2.24, 2.45) is 0 Å². The van der Waals surface area contributed by atoms with Crippen molar-refractivity contribution >= 4 is 12.1 Å². The molecule has 0 spiro atoms. The summed E-state index contributed by atoms with van der Waals surface area (Å²) in [5.74, 6) is -9.86. The molecule has 0 aliphatic heterocycles. The summed E-state index contributed by atoms with van der Waals surface area (Å²) in [5.41, 5.74) is -4.31. The van der Waals surface area contributed by atoms with Gasteiger partial charge >= 0.3 is 12.1 Å². The van der Waals surface area contributed by atoms with Crippen LogP contribution >= 0.6 is 0 Å². The number of hydrogen-bond acceptors (Lipinski definition) is 2. The normalized spacial score (nSPS) is 10.4. The lowest BCUT2D eigenvalue weighted by molar-refractivity contribution is 0.0801. The fourth-order valence-electron chi connectivity index (χ4n) is 0.977. The Morgan fingerprint density at radius 2 is 0.812 bits per heavy atom. The topological polar surface area (TPSA) is 34.1 Å². The number of halogens is 6. The van der Waals surface area contributed by atoms with Crippen LogP contribution in [0.2, 0.25) is 0 Å². The molecule has 0 fully saturated rings. The van der Waals surface area contributed by atoms with Gasteiger partial charge in [0.25, 0.3) is 0 Å². The van der Waals surface area contributed by atoms with E-state index in [1.54, 1.807) is 0 Å². The minimum Gasteiger partial charge on any atom is -0.255 e. The van der Waals surface area contributed by atoms with Crippen molar-refractivity contribution in [1.29, 1.82) is 0 Å². The third-order valence-electron chi connectivity index (χ3n) is 1.66. The Kier molecular flexibility index (Phi) is 3.02. The van der Waals surface area contributed by atoms with Crippen molar-refractivity contribution in [2.45, 2.75) is 0 Å². The molecule has 0 unspecified atom stereocenters. The van der Waals surface area contributed by atoms with Crippen LogP contribution in [-0.2, 0) is 0 Å². The smallest absolute Gasteiger partial charge is 0.255 e. The molecule has 0 atom stereocenters. The number of carbonyl (C=O) groups is 2. The molecule has 0 N–H and O–H groups in total. The number of carbonyl (C=O) groups excluding carboxylic acids is 2. The zero-order valence-electron chi connectivity index (χ0n) is 7.08. The molecule has 0 saturated heterocycles. The van der Waals surface area contributed by atoms with Crippen LogP contribution < -0.4 is 0 Å². The molecule has 0 radical (unpaired) electrons. The highest BCUT2D eigenvalue weighted by atomic mass is 19.2. The molecule has 1 aromatic carbocycles. The second kappa shape index (κ2) is 3.95. The lowest BCUT2D eigenvalue weighted by atomic mass is 10.1. The fourth-order valence-corrected chi connectivity index (χ4v) is 0.977. The Labute approximate surface area is 83.5 Å². The van der Waals surface area contributed by atoms with Crippen molar-refractivity contribution in [3.63, 3.8) is 0 Å². The third-order valence-corrected chi connectivity index (χ3v) is 1.66. The van der Waals surface area contributed by atoms with Gasteiger partial charge in [0.05, 0.1) is 0 Å². The SMILES string of the molecule is O=C(F)c1c(F)c(F)c(C(=O)F)c(F)c1F. The minimum absolute atomic E-state index is 2.15. The van der Waals surface area contributed by atoms with E-state index in [1.165, 1.54) is 0 Å². The van der Waals surface area contributed by atoms with Crippen molar-refractivity contribution in [3.05, 3.63) is 34.4 Å². The van der Waals surface area contributed by atoms with E-state index in [0.29, 0.717) is 0 Å². The molecule has 86 valence electrons. The first-order chi connectivity index (χ1) is 7.29. The summed E-state index contributed by atoms with van der Waals surface area (Å²) in [6.45, 7) is 0. The summed E-state index contributed by atoms with van der Waals surface area (Å²) in [4.78, 5) is 20.0. The van der Waals surface area contributed by atoms with Gasteiger partial charge in [-0.05, 0) is 0 Å². The molecule has 0 heterocycles. The van der Waals surface area contributed by atoms with Crippen molar-refractivity contribution < 1.29 is 35.9 Å². The summed E-state index contributed by atoms with van der Waals surface area (Å²) in [7, 11) is 0. The summed E-state index contributed by atoms with van der Waals surface area (Å²) >= 11 is 0. The quantitative estimate of drug-likeness (QED) is 0.453. The Balaban J connectivity index is 3.77. The van der Waals surface area contributed by atoms with Crippen LogP contribution in [0, 0.1) is 23.3 Å². The van der Waals surface area contributed by atoms with E-state index in [4.69, 9.17) is 0 Å². The number of benzene rings is 1. The standard InChI is InChI=1S/C8F6O2/c9-3-1(7(13)15)4(10)6(12)2(5(3)11)8(14)16. The van der Waals surface area contributed by atoms with E-state index in [0.717, 1.165) is 0 Å². The zero-order chi connectivity index (χ0) is 12.6. The third kappa shape index (κ3) is 1.66. The van der Waals surface area contributed by atoms with Crippen LogP contribution in [0.5, 0.6) is 0 Å². The molecule has 2 nitrogen and oxygen atoms in total.